The van der Waals surface area contributed by atoms with E-state index in [-0.39, 0.29) is 30.0 Å². The Morgan fingerprint density at radius 1 is 1.06 bits per heavy atom. The molecular weight excluding hydrogens is 443 g/mol. The first kappa shape index (κ1) is 20.7. The van der Waals surface area contributed by atoms with Crippen molar-refractivity contribution in [1.29, 1.82) is 0 Å². The number of halogens is 3. The predicted molar refractivity (Wildman–Crippen MR) is 125 cm³/mol. The third-order valence-corrected chi connectivity index (χ3v) is 6.93. The molecule has 1 saturated carbocycles. The molecule has 0 radical (unpaired) electrons. The van der Waals surface area contributed by atoms with Gasteiger partial charge < -0.3 is 10.7 Å². The molecule has 4 N–H and O–H groups in total. The summed E-state index contributed by atoms with van der Waals surface area (Å²) in [6, 6.07) is 8.39. The molecule has 1 aliphatic rings. The molecule has 2 aromatic carbocycles. The predicted octanol–water partition coefficient (Wildman–Crippen LogP) is 5.63. The molecule has 0 unspecified atom stereocenters. The molecular formula is C25H20F3N5O. The van der Waals surface area contributed by atoms with Gasteiger partial charge in [0.25, 0.3) is 5.56 Å². The van der Waals surface area contributed by atoms with Crippen molar-refractivity contribution in [2.75, 3.05) is 5.73 Å². The molecule has 0 atom stereocenters. The highest BCUT2D eigenvalue weighted by Gasteiger charge is 2.36. The van der Waals surface area contributed by atoms with Crippen LogP contribution in [0.15, 0.2) is 47.5 Å². The number of alkyl halides is 2. The zero-order chi connectivity index (χ0) is 23.6. The van der Waals surface area contributed by atoms with Crippen molar-refractivity contribution in [3.05, 3.63) is 64.5 Å². The van der Waals surface area contributed by atoms with Gasteiger partial charge in [-0.3, -0.25) is 14.9 Å². The number of benzene rings is 2. The zero-order valence-corrected chi connectivity index (χ0v) is 18.0. The Bertz CT molecular complexity index is 1650. The van der Waals surface area contributed by atoms with Gasteiger partial charge in [0.2, 0.25) is 5.92 Å². The number of nitrogens with zero attached hydrogens (tertiary/aromatic N) is 2. The number of anilines is 1. The van der Waals surface area contributed by atoms with Crippen LogP contribution in [-0.4, -0.2) is 26.1 Å². The molecule has 0 spiro atoms. The fraction of sp³-hybridized carbons (Fsp3) is 0.240. The van der Waals surface area contributed by atoms with E-state index in [1.165, 1.54) is 12.3 Å². The molecule has 3 aromatic heterocycles. The normalized spacial score (nSPS) is 16.6. The van der Waals surface area contributed by atoms with Gasteiger partial charge in [-0.25, -0.2) is 13.2 Å². The van der Waals surface area contributed by atoms with E-state index in [4.69, 9.17) is 5.73 Å². The van der Waals surface area contributed by atoms with Gasteiger partial charge in [0.1, 0.15) is 17.0 Å². The smallest absolute Gasteiger partial charge is 0.272 e. The molecule has 0 amide bonds. The van der Waals surface area contributed by atoms with E-state index in [1.54, 1.807) is 18.3 Å². The number of aromatic nitrogens is 4. The molecule has 6 nitrogen and oxygen atoms in total. The number of pyridine rings is 2. The van der Waals surface area contributed by atoms with Crippen LogP contribution in [0.25, 0.3) is 43.8 Å². The number of H-pyrrole nitrogens is 2. The van der Waals surface area contributed by atoms with Crippen LogP contribution in [0.5, 0.6) is 0 Å². The Morgan fingerprint density at radius 2 is 1.85 bits per heavy atom. The van der Waals surface area contributed by atoms with Crippen LogP contribution in [0, 0.1) is 5.82 Å². The Hall–Kier alpha value is -3.88. The lowest BCUT2D eigenvalue weighted by Crippen LogP contribution is -2.24. The molecule has 172 valence electrons. The number of rotatable bonds is 2. The third kappa shape index (κ3) is 3.07. The minimum atomic E-state index is -2.65. The second kappa shape index (κ2) is 7.31. The topological polar surface area (TPSA) is 100 Å². The van der Waals surface area contributed by atoms with E-state index in [9.17, 15) is 18.0 Å². The quantitative estimate of drug-likeness (QED) is 0.295. The third-order valence-electron chi connectivity index (χ3n) is 6.93. The van der Waals surface area contributed by atoms with Gasteiger partial charge in [-0.2, -0.15) is 5.10 Å². The maximum absolute atomic E-state index is 14.3. The summed E-state index contributed by atoms with van der Waals surface area (Å²) in [5.41, 5.74) is 9.11. The number of hydrogen-bond donors (Lipinski definition) is 3. The van der Waals surface area contributed by atoms with Gasteiger partial charge >= 0.3 is 0 Å². The Kier molecular flexibility index (Phi) is 4.45. The van der Waals surface area contributed by atoms with Crippen LogP contribution >= 0.6 is 0 Å². The summed E-state index contributed by atoms with van der Waals surface area (Å²) in [4.78, 5) is 20.3. The maximum Gasteiger partial charge on any atom is 0.272 e. The van der Waals surface area contributed by atoms with Crippen LogP contribution < -0.4 is 11.3 Å². The van der Waals surface area contributed by atoms with Crippen molar-refractivity contribution in [2.24, 2.45) is 0 Å². The second-order valence-corrected chi connectivity index (χ2v) is 8.91. The molecule has 3 heterocycles. The van der Waals surface area contributed by atoms with Crippen LogP contribution in [0.1, 0.15) is 37.2 Å². The van der Waals surface area contributed by atoms with Crippen molar-refractivity contribution < 1.29 is 13.2 Å². The lowest BCUT2D eigenvalue weighted by Gasteiger charge is -2.29. The summed E-state index contributed by atoms with van der Waals surface area (Å²) < 4.78 is 42.1. The molecule has 0 bridgehead atoms. The minimum Gasteiger partial charge on any atom is -0.394 e. The van der Waals surface area contributed by atoms with Crippen LogP contribution in [0.3, 0.4) is 0 Å². The number of nitrogen functional groups attached to an aromatic ring is 1. The molecule has 1 fully saturated rings. The van der Waals surface area contributed by atoms with Gasteiger partial charge in [0.15, 0.2) is 0 Å². The summed E-state index contributed by atoms with van der Waals surface area (Å²) in [7, 11) is 0. The second-order valence-electron chi connectivity index (χ2n) is 8.91. The number of hydrogen-bond acceptors (Lipinski definition) is 4. The highest BCUT2D eigenvalue weighted by molar-refractivity contribution is 6.15. The highest BCUT2D eigenvalue weighted by atomic mass is 19.3. The van der Waals surface area contributed by atoms with Gasteiger partial charge in [-0.15, -0.1) is 0 Å². The van der Waals surface area contributed by atoms with Crippen molar-refractivity contribution in [1.82, 2.24) is 20.2 Å². The van der Waals surface area contributed by atoms with Gasteiger partial charge in [0.05, 0.1) is 17.2 Å². The first-order chi connectivity index (χ1) is 16.3. The monoisotopic (exact) mass is 463 g/mol. The summed E-state index contributed by atoms with van der Waals surface area (Å²) in [5.74, 6) is -3.23. The maximum atomic E-state index is 14.3. The molecule has 1 aliphatic carbocycles. The zero-order valence-electron chi connectivity index (χ0n) is 18.0. The van der Waals surface area contributed by atoms with Gasteiger partial charge in [-0.1, -0.05) is 6.07 Å². The number of fused-ring (bicyclic) bond motifs is 4. The standard InChI is InChI=1S/C25H20F3N5O/c26-18-4-3-13(17-11-31-33-23(17)18)19-16-10-15(12-5-7-25(27,28)8-6-12)21-14(2-1-9-30-21)22(16)32-24(34)20(19)29/h1-4,9-12H,5-8,29H2,(H,31,33)(H,32,34). The molecule has 6 rings (SSSR count). The first-order valence-corrected chi connectivity index (χ1v) is 11.1. The number of nitrogens with one attached hydrogen (secondary N) is 2. The van der Waals surface area contributed by atoms with Crippen LogP contribution in [-0.2, 0) is 0 Å². The Labute approximate surface area is 191 Å². The van der Waals surface area contributed by atoms with E-state index < -0.39 is 17.3 Å². The minimum absolute atomic E-state index is 0.00836. The lowest BCUT2D eigenvalue weighted by atomic mass is 9.80. The van der Waals surface area contributed by atoms with Crippen molar-refractivity contribution in [2.45, 2.75) is 37.5 Å². The molecule has 34 heavy (non-hydrogen) atoms. The number of aromatic amines is 2. The van der Waals surface area contributed by atoms with Crippen molar-refractivity contribution in [3.8, 4) is 11.1 Å². The van der Waals surface area contributed by atoms with E-state index in [0.29, 0.717) is 51.2 Å². The van der Waals surface area contributed by atoms with Crippen LogP contribution in [0.2, 0.25) is 0 Å². The average molecular weight is 463 g/mol. The summed E-state index contributed by atoms with van der Waals surface area (Å²) in [6.45, 7) is 0. The summed E-state index contributed by atoms with van der Waals surface area (Å²) in [5, 5.41) is 8.46. The van der Waals surface area contributed by atoms with E-state index >= 15 is 0 Å². The lowest BCUT2D eigenvalue weighted by molar-refractivity contribution is -0.0381. The summed E-state index contributed by atoms with van der Waals surface area (Å²) >= 11 is 0. The fourth-order valence-electron chi connectivity index (χ4n) is 5.22. The summed E-state index contributed by atoms with van der Waals surface area (Å²) in [6.07, 6.45) is 3.45. The average Bonchev–Trinajstić information content (AvgIpc) is 3.32. The largest absolute Gasteiger partial charge is 0.394 e. The van der Waals surface area contributed by atoms with E-state index in [1.807, 2.05) is 12.1 Å². The van der Waals surface area contributed by atoms with Crippen molar-refractivity contribution >= 4 is 38.4 Å². The van der Waals surface area contributed by atoms with Gasteiger partial charge in [0, 0.05) is 40.8 Å². The molecule has 0 saturated heterocycles. The first-order valence-electron chi connectivity index (χ1n) is 11.1. The number of nitrogens with two attached hydrogens (primary N) is 1. The SMILES string of the molecule is Nc1c(-c2ccc(F)c3[nH]ncc23)c2cc(C3CCC(F)(F)CC3)c3ncccc3c2[nH]c1=O. The van der Waals surface area contributed by atoms with Crippen molar-refractivity contribution in [3.63, 3.8) is 0 Å². The highest BCUT2D eigenvalue weighted by Crippen LogP contribution is 2.45. The van der Waals surface area contributed by atoms with E-state index in [0.717, 1.165) is 5.56 Å². The van der Waals surface area contributed by atoms with Gasteiger partial charge in [-0.05, 0) is 54.2 Å². The Balaban J connectivity index is 1.70. The van der Waals surface area contributed by atoms with Crippen LogP contribution in [0.4, 0.5) is 18.9 Å². The Morgan fingerprint density at radius 3 is 2.65 bits per heavy atom. The molecule has 9 heteroatoms. The molecule has 0 aliphatic heterocycles. The molecule has 5 aromatic rings. The van der Waals surface area contributed by atoms with E-state index in [2.05, 4.69) is 20.2 Å². The fourth-order valence-corrected chi connectivity index (χ4v) is 5.22.